The van der Waals surface area contributed by atoms with Crippen LogP contribution in [0.3, 0.4) is 0 Å². The van der Waals surface area contributed by atoms with E-state index in [1.165, 1.54) is 25.1 Å². The van der Waals surface area contributed by atoms with Crippen LogP contribution >= 0.6 is 15.9 Å². The monoisotopic (exact) mass is 329 g/mol. The molecule has 102 valence electrons. The quantitative estimate of drug-likeness (QED) is 0.863. The summed E-state index contributed by atoms with van der Waals surface area (Å²) >= 11 is 3.10. The first-order valence-corrected chi connectivity index (χ1v) is 6.73. The molecule has 1 aromatic carbocycles. The molecule has 0 heterocycles. The number of amides is 1. The molecule has 6 heteroatoms. The number of nitrogens with one attached hydrogen (secondary N) is 1. The average Bonchev–Trinajstić information content (AvgIpc) is 3.12. The SMILES string of the molecule is CC(OC(=O)c1ccc(Br)cc1F)C(=O)NC1CC1. The fourth-order valence-corrected chi connectivity index (χ4v) is 1.81. The van der Waals surface area contributed by atoms with Crippen LogP contribution in [0.15, 0.2) is 22.7 Å². The van der Waals surface area contributed by atoms with Crippen LogP contribution in [0.1, 0.15) is 30.1 Å². The van der Waals surface area contributed by atoms with E-state index < -0.39 is 17.9 Å². The van der Waals surface area contributed by atoms with Gasteiger partial charge < -0.3 is 10.1 Å². The molecule has 2 rings (SSSR count). The zero-order chi connectivity index (χ0) is 14.0. The second-order valence-electron chi connectivity index (χ2n) is 4.45. The van der Waals surface area contributed by atoms with Gasteiger partial charge in [-0.15, -0.1) is 0 Å². The molecule has 19 heavy (non-hydrogen) atoms. The van der Waals surface area contributed by atoms with Crippen molar-refractivity contribution in [2.24, 2.45) is 0 Å². The number of carbonyl (C=O) groups excluding carboxylic acids is 2. The fourth-order valence-electron chi connectivity index (χ4n) is 1.48. The van der Waals surface area contributed by atoms with Gasteiger partial charge in [0.2, 0.25) is 0 Å². The smallest absolute Gasteiger partial charge is 0.341 e. The summed E-state index contributed by atoms with van der Waals surface area (Å²) in [6, 6.07) is 4.21. The summed E-state index contributed by atoms with van der Waals surface area (Å²) in [5.41, 5.74) is -0.186. The Labute approximate surface area is 118 Å². The lowest BCUT2D eigenvalue weighted by Crippen LogP contribution is -2.37. The number of benzene rings is 1. The van der Waals surface area contributed by atoms with Gasteiger partial charge in [0.1, 0.15) is 5.82 Å². The van der Waals surface area contributed by atoms with E-state index in [4.69, 9.17) is 4.74 Å². The summed E-state index contributed by atoms with van der Waals surface area (Å²) < 4.78 is 19.0. The Hall–Kier alpha value is -1.43. The predicted molar refractivity (Wildman–Crippen MR) is 70.1 cm³/mol. The molecule has 1 unspecified atom stereocenters. The van der Waals surface area contributed by atoms with Gasteiger partial charge in [0.05, 0.1) is 5.56 Å². The molecule has 0 spiro atoms. The maximum atomic E-state index is 13.5. The van der Waals surface area contributed by atoms with Crippen LogP contribution in [0.4, 0.5) is 4.39 Å². The van der Waals surface area contributed by atoms with Gasteiger partial charge in [0.25, 0.3) is 5.91 Å². The first-order chi connectivity index (χ1) is 8.97. The number of hydrogen-bond donors (Lipinski definition) is 1. The summed E-state index contributed by atoms with van der Waals surface area (Å²) in [7, 11) is 0. The van der Waals surface area contributed by atoms with Gasteiger partial charge in [-0.25, -0.2) is 9.18 Å². The molecule has 1 amide bonds. The van der Waals surface area contributed by atoms with Crippen LogP contribution in [0.2, 0.25) is 0 Å². The van der Waals surface area contributed by atoms with Crippen molar-refractivity contribution >= 4 is 27.8 Å². The highest BCUT2D eigenvalue weighted by molar-refractivity contribution is 9.10. The number of halogens is 2. The third-order valence-corrected chi connectivity index (χ3v) is 3.22. The van der Waals surface area contributed by atoms with Crippen molar-refractivity contribution in [3.05, 3.63) is 34.1 Å². The van der Waals surface area contributed by atoms with Crippen molar-refractivity contribution in [1.82, 2.24) is 5.32 Å². The third-order valence-electron chi connectivity index (χ3n) is 2.73. The second kappa shape index (κ2) is 5.69. The first-order valence-electron chi connectivity index (χ1n) is 5.94. The topological polar surface area (TPSA) is 55.4 Å². The van der Waals surface area contributed by atoms with E-state index in [2.05, 4.69) is 21.2 Å². The number of hydrogen-bond acceptors (Lipinski definition) is 3. The van der Waals surface area contributed by atoms with Gasteiger partial charge in [-0.3, -0.25) is 4.79 Å². The first kappa shape index (κ1) is 14.0. The molecule has 4 nitrogen and oxygen atoms in total. The van der Waals surface area contributed by atoms with Crippen LogP contribution in [0.25, 0.3) is 0 Å². The van der Waals surface area contributed by atoms with E-state index in [0.717, 1.165) is 12.8 Å². The van der Waals surface area contributed by atoms with E-state index in [9.17, 15) is 14.0 Å². The molecule has 1 atom stereocenters. The van der Waals surface area contributed by atoms with Crippen molar-refractivity contribution in [3.63, 3.8) is 0 Å². The van der Waals surface area contributed by atoms with Crippen LogP contribution in [-0.2, 0) is 9.53 Å². The molecule has 0 saturated heterocycles. The van der Waals surface area contributed by atoms with Crippen LogP contribution in [0.5, 0.6) is 0 Å². The number of ether oxygens (including phenoxy) is 1. The summed E-state index contributed by atoms with van der Waals surface area (Å²) in [5.74, 6) is -1.88. The molecule has 1 N–H and O–H groups in total. The lowest BCUT2D eigenvalue weighted by Gasteiger charge is -2.13. The van der Waals surface area contributed by atoms with Crippen LogP contribution < -0.4 is 5.32 Å². The molecule has 1 aliphatic rings. The minimum Gasteiger partial charge on any atom is -0.449 e. The Bertz CT molecular complexity index is 517. The maximum Gasteiger partial charge on any atom is 0.341 e. The minimum atomic E-state index is -0.934. The second-order valence-corrected chi connectivity index (χ2v) is 5.37. The fraction of sp³-hybridized carbons (Fsp3) is 0.385. The largest absolute Gasteiger partial charge is 0.449 e. The Morgan fingerprint density at radius 2 is 2.16 bits per heavy atom. The van der Waals surface area contributed by atoms with Crippen molar-refractivity contribution in [3.8, 4) is 0 Å². The Morgan fingerprint density at radius 3 is 2.74 bits per heavy atom. The van der Waals surface area contributed by atoms with E-state index in [0.29, 0.717) is 4.47 Å². The normalized spacial score (nSPS) is 15.7. The number of esters is 1. The molecule has 1 aromatic rings. The van der Waals surface area contributed by atoms with Gasteiger partial charge >= 0.3 is 5.97 Å². The van der Waals surface area contributed by atoms with Gasteiger partial charge in [0.15, 0.2) is 6.10 Å². The van der Waals surface area contributed by atoms with Gasteiger partial charge in [-0.1, -0.05) is 15.9 Å². The van der Waals surface area contributed by atoms with Crippen molar-refractivity contribution < 1.29 is 18.7 Å². The molecular formula is C13H13BrFNO3. The van der Waals surface area contributed by atoms with Gasteiger partial charge in [0, 0.05) is 10.5 Å². The highest BCUT2D eigenvalue weighted by Crippen LogP contribution is 2.19. The summed E-state index contributed by atoms with van der Waals surface area (Å²) in [5, 5.41) is 2.72. The van der Waals surface area contributed by atoms with Crippen LogP contribution in [0, 0.1) is 5.82 Å². The molecular weight excluding hydrogens is 317 g/mol. The summed E-state index contributed by atoms with van der Waals surface area (Å²) in [4.78, 5) is 23.3. The maximum absolute atomic E-state index is 13.5. The van der Waals surface area contributed by atoms with Gasteiger partial charge in [-0.05, 0) is 38.0 Å². The lowest BCUT2D eigenvalue weighted by molar-refractivity contribution is -0.129. The van der Waals surface area contributed by atoms with E-state index in [1.807, 2.05) is 0 Å². The van der Waals surface area contributed by atoms with Crippen molar-refractivity contribution in [2.75, 3.05) is 0 Å². The summed E-state index contributed by atoms with van der Waals surface area (Å²) in [6.07, 6.45) is 0.970. The lowest BCUT2D eigenvalue weighted by atomic mass is 10.2. The Balaban J connectivity index is 1.97. The standard InChI is InChI=1S/C13H13BrFNO3/c1-7(12(17)16-9-3-4-9)19-13(18)10-5-2-8(14)6-11(10)15/h2,5-7,9H,3-4H2,1H3,(H,16,17). The van der Waals surface area contributed by atoms with E-state index in [1.54, 1.807) is 0 Å². The zero-order valence-corrected chi connectivity index (χ0v) is 11.9. The van der Waals surface area contributed by atoms with Crippen molar-refractivity contribution in [2.45, 2.75) is 31.9 Å². The van der Waals surface area contributed by atoms with Crippen molar-refractivity contribution in [1.29, 1.82) is 0 Å². The zero-order valence-electron chi connectivity index (χ0n) is 10.3. The average molecular weight is 330 g/mol. The molecule has 1 saturated carbocycles. The third kappa shape index (κ3) is 3.76. The molecule has 0 radical (unpaired) electrons. The Morgan fingerprint density at radius 1 is 1.47 bits per heavy atom. The molecule has 1 aliphatic carbocycles. The van der Waals surface area contributed by atoms with E-state index >= 15 is 0 Å². The molecule has 0 bridgehead atoms. The number of carbonyl (C=O) groups is 2. The van der Waals surface area contributed by atoms with E-state index in [-0.39, 0.29) is 17.5 Å². The number of rotatable bonds is 4. The molecule has 1 fully saturated rings. The van der Waals surface area contributed by atoms with Gasteiger partial charge in [-0.2, -0.15) is 0 Å². The summed E-state index contributed by atoms with van der Waals surface area (Å²) in [6.45, 7) is 1.46. The minimum absolute atomic E-state index is 0.186. The molecule has 0 aromatic heterocycles. The predicted octanol–water partition coefficient (Wildman–Crippen LogP) is 2.41. The van der Waals surface area contributed by atoms with Crippen LogP contribution in [-0.4, -0.2) is 24.0 Å². The molecule has 0 aliphatic heterocycles. The highest BCUT2D eigenvalue weighted by atomic mass is 79.9. The highest BCUT2D eigenvalue weighted by Gasteiger charge is 2.27. The Kier molecular flexibility index (Phi) is 4.19.